The molecular formula is C16H14ClF2IN2O3. The smallest absolute Gasteiger partial charge is 0.277 e. The van der Waals surface area contributed by atoms with Crippen molar-refractivity contribution in [1.29, 1.82) is 0 Å². The summed E-state index contributed by atoms with van der Waals surface area (Å²) in [7, 11) is 0. The summed E-state index contributed by atoms with van der Waals surface area (Å²) in [5, 5.41) is 10.9. The lowest BCUT2D eigenvalue weighted by Gasteiger charge is -2.16. The standard InChI is InChI=1S/C16H14ClF2IN2O3/c1-8-6-9(20)2-3-12(8)21-15-10(16(24)22-25-5-4-23)7-11(17)13(18)14(15)19/h2-3,6-7,21,23H,4-5H2,1H3,(H,22,24). The van der Waals surface area contributed by atoms with Crippen LogP contribution in [0.3, 0.4) is 0 Å². The molecule has 0 saturated heterocycles. The molecule has 0 saturated carbocycles. The van der Waals surface area contributed by atoms with Gasteiger partial charge in [0.25, 0.3) is 5.91 Å². The van der Waals surface area contributed by atoms with Crippen LogP contribution in [0.1, 0.15) is 15.9 Å². The molecule has 2 rings (SSSR count). The summed E-state index contributed by atoms with van der Waals surface area (Å²) in [4.78, 5) is 16.9. The van der Waals surface area contributed by atoms with Crippen LogP contribution in [-0.2, 0) is 4.84 Å². The van der Waals surface area contributed by atoms with Crippen molar-refractivity contribution in [1.82, 2.24) is 5.48 Å². The summed E-state index contributed by atoms with van der Waals surface area (Å²) in [6, 6.07) is 6.32. The second kappa shape index (κ2) is 8.75. The van der Waals surface area contributed by atoms with Gasteiger partial charge in [-0.3, -0.25) is 9.63 Å². The maximum atomic E-state index is 14.4. The minimum Gasteiger partial charge on any atom is -0.394 e. The number of benzene rings is 2. The van der Waals surface area contributed by atoms with E-state index in [4.69, 9.17) is 21.5 Å². The second-order valence-corrected chi connectivity index (χ2v) is 6.65. The predicted molar refractivity (Wildman–Crippen MR) is 99.1 cm³/mol. The van der Waals surface area contributed by atoms with Crippen LogP contribution in [0.4, 0.5) is 20.2 Å². The highest BCUT2D eigenvalue weighted by Gasteiger charge is 2.22. The zero-order chi connectivity index (χ0) is 18.6. The van der Waals surface area contributed by atoms with E-state index in [9.17, 15) is 13.6 Å². The van der Waals surface area contributed by atoms with Crippen molar-refractivity contribution in [2.24, 2.45) is 0 Å². The molecule has 1 amide bonds. The van der Waals surface area contributed by atoms with Gasteiger partial charge >= 0.3 is 0 Å². The lowest BCUT2D eigenvalue weighted by Crippen LogP contribution is -2.26. The predicted octanol–water partition coefficient (Wildman–Crippen LogP) is 3.93. The monoisotopic (exact) mass is 482 g/mol. The Morgan fingerprint density at radius 1 is 1.32 bits per heavy atom. The van der Waals surface area contributed by atoms with Gasteiger partial charge in [-0.1, -0.05) is 11.6 Å². The summed E-state index contributed by atoms with van der Waals surface area (Å²) in [5.41, 5.74) is 2.72. The average Bonchev–Trinajstić information content (AvgIpc) is 2.57. The summed E-state index contributed by atoms with van der Waals surface area (Å²) in [6.07, 6.45) is 0. The SMILES string of the molecule is Cc1cc(I)ccc1Nc1c(C(=O)NOCCO)cc(Cl)c(F)c1F. The molecule has 0 unspecified atom stereocenters. The molecule has 0 fully saturated rings. The Kier molecular flexibility index (Phi) is 6.94. The number of aliphatic hydroxyl groups is 1. The Bertz CT molecular complexity index is 805. The number of hydrogen-bond donors (Lipinski definition) is 3. The fourth-order valence-corrected chi connectivity index (χ4v) is 2.85. The normalized spacial score (nSPS) is 10.6. The molecule has 0 radical (unpaired) electrons. The van der Waals surface area contributed by atoms with Crippen LogP contribution in [0, 0.1) is 22.1 Å². The van der Waals surface area contributed by atoms with Gasteiger partial charge in [-0.25, -0.2) is 14.3 Å². The van der Waals surface area contributed by atoms with Gasteiger partial charge in [0.15, 0.2) is 11.6 Å². The number of nitrogens with one attached hydrogen (secondary N) is 2. The molecule has 0 spiro atoms. The maximum absolute atomic E-state index is 14.4. The van der Waals surface area contributed by atoms with Crippen LogP contribution in [0.2, 0.25) is 5.02 Å². The molecule has 2 aromatic rings. The van der Waals surface area contributed by atoms with Crippen molar-refractivity contribution in [2.75, 3.05) is 18.5 Å². The first-order valence-corrected chi connectivity index (χ1v) is 8.54. The highest BCUT2D eigenvalue weighted by Crippen LogP contribution is 2.32. The van der Waals surface area contributed by atoms with Gasteiger partial charge in [-0.15, -0.1) is 0 Å². The van der Waals surface area contributed by atoms with Gasteiger partial charge in [0.1, 0.15) is 0 Å². The first-order valence-electron chi connectivity index (χ1n) is 7.08. The molecule has 0 aliphatic carbocycles. The van der Waals surface area contributed by atoms with E-state index in [1.54, 1.807) is 19.1 Å². The lowest BCUT2D eigenvalue weighted by molar-refractivity contribution is 0.0168. The maximum Gasteiger partial charge on any atom is 0.277 e. The van der Waals surface area contributed by atoms with Crippen molar-refractivity contribution in [3.05, 3.63) is 55.6 Å². The van der Waals surface area contributed by atoms with Gasteiger partial charge < -0.3 is 10.4 Å². The summed E-state index contributed by atoms with van der Waals surface area (Å²) >= 11 is 7.77. The van der Waals surface area contributed by atoms with Crippen molar-refractivity contribution in [2.45, 2.75) is 6.92 Å². The minimum absolute atomic E-state index is 0.151. The molecule has 0 bridgehead atoms. The quantitative estimate of drug-likeness (QED) is 0.253. The van der Waals surface area contributed by atoms with Gasteiger partial charge in [-0.05, 0) is 59.3 Å². The molecule has 2 aromatic carbocycles. The van der Waals surface area contributed by atoms with Crippen molar-refractivity contribution in [3.8, 4) is 0 Å². The third-order valence-corrected chi connectivity index (χ3v) is 4.16. The van der Waals surface area contributed by atoms with Gasteiger partial charge in [0.05, 0.1) is 29.5 Å². The van der Waals surface area contributed by atoms with Crippen molar-refractivity contribution < 1.29 is 23.5 Å². The molecule has 5 nitrogen and oxygen atoms in total. The number of carbonyl (C=O) groups is 1. The number of amides is 1. The van der Waals surface area contributed by atoms with Gasteiger partial charge in [0, 0.05) is 9.26 Å². The van der Waals surface area contributed by atoms with E-state index in [1.165, 1.54) is 0 Å². The Morgan fingerprint density at radius 3 is 2.68 bits per heavy atom. The molecule has 0 atom stereocenters. The zero-order valence-corrected chi connectivity index (χ0v) is 15.9. The number of aliphatic hydroxyl groups excluding tert-OH is 1. The second-order valence-electron chi connectivity index (χ2n) is 5.00. The fourth-order valence-electron chi connectivity index (χ4n) is 2.02. The van der Waals surface area contributed by atoms with Gasteiger partial charge in [-0.2, -0.15) is 0 Å². The fraction of sp³-hybridized carbons (Fsp3) is 0.188. The third kappa shape index (κ3) is 4.78. The summed E-state index contributed by atoms with van der Waals surface area (Å²) < 4.78 is 29.2. The van der Waals surface area contributed by atoms with Crippen LogP contribution in [0.15, 0.2) is 24.3 Å². The summed E-state index contributed by atoms with van der Waals surface area (Å²) in [6.45, 7) is 1.33. The minimum atomic E-state index is -1.28. The zero-order valence-electron chi connectivity index (χ0n) is 13.0. The number of halogens is 4. The van der Waals surface area contributed by atoms with Gasteiger partial charge in [0.2, 0.25) is 0 Å². The molecule has 134 valence electrons. The molecule has 0 aliphatic rings. The topological polar surface area (TPSA) is 70.6 Å². The van der Waals surface area contributed by atoms with E-state index in [0.29, 0.717) is 5.69 Å². The number of aryl methyl sites for hydroxylation is 1. The molecule has 9 heteroatoms. The van der Waals surface area contributed by atoms with E-state index in [2.05, 4.69) is 27.9 Å². The van der Waals surface area contributed by atoms with E-state index in [-0.39, 0.29) is 24.5 Å². The number of hydrogen-bond acceptors (Lipinski definition) is 4. The number of carbonyl (C=O) groups excluding carboxylic acids is 1. The van der Waals surface area contributed by atoms with E-state index in [0.717, 1.165) is 15.2 Å². The first kappa shape index (κ1) is 19.8. The Hall–Kier alpha value is -1.49. The Labute approximate surface area is 161 Å². The van der Waals surface area contributed by atoms with E-state index < -0.39 is 22.6 Å². The number of rotatable bonds is 6. The van der Waals surface area contributed by atoms with E-state index in [1.807, 2.05) is 11.5 Å². The average molecular weight is 483 g/mol. The van der Waals surface area contributed by atoms with Crippen LogP contribution >= 0.6 is 34.2 Å². The van der Waals surface area contributed by atoms with Crippen LogP contribution in [0.25, 0.3) is 0 Å². The largest absolute Gasteiger partial charge is 0.394 e. The van der Waals surface area contributed by atoms with Crippen molar-refractivity contribution >= 4 is 51.5 Å². The number of anilines is 2. The Morgan fingerprint density at radius 2 is 2.04 bits per heavy atom. The molecular weight excluding hydrogens is 469 g/mol. The number of hydroxylamine groups is 1. The lowest BCUT2D eigenvalue weighted by atomic mass is 10.1. The Balaban J connectivity index is 2.44. The van der Waals surface area contributed by atoms with Crippen LogP contribution in [-0.4, -0.2) is 24.2 Å². The molecule has 0 aromatic heterocycles. The van der Waals surface area contributed by atoms with Crippen LogP contribution < -0.4 is 10.8 Å². The molecule has 0 heterocycles. The molecule has 25 heavy (non-hydrogen) atoms. The summed E-state index contributed by atoms with van der Waals surface area (Å²) in [5.74, 6) is -3.38. The van der Waals surface area contributed by atoms with E-state index >= 15 is 0 Å². The highest BCUT2D eigenvalue weighted by atomic mass is 127. The first-order chi connectivity index (χ1) is 11.8. The highest BCUT2D eigenvalue weighted by molar-refractivity contribution is 14.1. The van der Waals surface area contributed by atoms with Crippen molar-refractivity contribution in [3.63, 3.8) is 0 Å². The van der Waals surface area contributed by atoms with Crippen LogP contribution in [0.5, 0.6) is 0 Å². The molecule has 0 aliphatic heterocycles. The molecule has 3 N–H and O–H groups in total. The third-order valence-electron chi connectivity index (χ3n) is 3.21.